The minimum atomic E-state index is -1.06. The largest absolute Gasteiger partial charge is 0.489 e. The lowest BCUT2D eigenvalue weighted by atomic mass is 9.96. The fraction of sp³-hybridized carbons (Fsp3) is 0.375. The quantitative estimate of drug-likeness (QED) is 0.410. The zero-order chi connectivity index (χ0) is 30.2. The molecule has 220 valence electrons. The second-order valence-corrected chi connectivity index (χ2v) is 11.4. The molecule has 1 fully saturated rings. The van der Waals surface area contributed by atoms with Crippen LogP contribution in [0.3, 0.4) is 0 Å². The summed E-state index contributed by atoms with van der Waals surface area (Å²) in [6.07, 6.45) is 2.01. The second-order valence-electron chi connectivity index (χ2n) is 11.4. The number of anilines is 1. The number of amides is 2. The number of carboxylic acid groups (broad SMARTS) is 1. The highest BCUT2D eigenvalue weighted by atomic mass is 19.1. The molecule has 0 saturated carbocycles. The summed E-state index contributed by atoms with van der Waals surface area (Å²) in [7, 11) is 0. The van der Waals surface area contributed by atoms with E-state index in [4.69, 9.17) is 14.6 Å². The van der Waals surface area contributed by atoms with Gasteiger partial charge < -0.3 is 24.4 Å². The van der Waals surface area contributed by atoms with Gasteiger partial charge in [-0.2, -0.15) is 0 Å². The first-order valence-electron chi connectivity index (χ1n) is 14.0. The van der Waals surface area contributed by atoms with Crippen molar-refractivity contribution >= 4 is 23.5 Å². The lowest BCUT2D eigenvalue weighted by Gasteiger charge is -2.44. The molecule has 1 N–H and O–H groups in total. The van der Waals surface area contributed by atoms with Gasteiger partial charge in [0, 0.05) is 30.9 Å². The van der Waals surface area contributed by atoms with E-state index in [9.17, 15) is 14.4 Å². The van der Waals surface area contributed by atoms with Gasteiger partial charge in [0.25, 0.3) is 11.8 Å². The predicted octanol–water partition coefficient (Wildman–Crippen LogP) is 5.25. The fourth-order valence-corrected chi connectivity index (χ4v) is 5.51. The number of benzene rings is 2. The molecule has 9 nitrogen and oxygen atoms in total. The molecule has 1 atom stereocenters. The number of rotatable bonds is 7. The Morgan fingerprint density at radius 1 is 1.17 bits per heavy atom. The van der Waals surface area contributed by atoms with E-state index in [-0.39, 0.29) is 23.9 Å². The van der Waals surface area contributed by atoms with Crippen molar-refractivity contribution in [3.63, 3.8) is 0 Å². The van der Waals surface area contributed by atoms with Crippen molar-refractivity contribution in [2.45, 2.75) is 64.7 Å². The summed E-state index contributed by atoms with van der Waals surface area (Å²) in [6.45, 7) is 7.73. The Hall–Kier alpha value is -4.47. The Bertz CT molecular complexity index is 1530. The number of hydrogen-bond donors (Lipinski definition) is 1. The Balaban J connectivity index is 1.30. The molecule has 0 radical (unpaired) electrons. The van der Waals surface area contributed by atoms with Crippen LogP contribution in [0.1, 0.15) is 56.0 Å². The molecule has 3 aromatic rings. The average molecular weight is 576 g/mol. The third kappa shape index (κ3) is 5.79. The standard InChI is InChI=1S/C32H34FN3O6/c1-19-15-26-29(34-18-19)42-32(3,4)31(40)36(26)22-11-13-35(14-12-22)30(39)24-10-9-21(17-25(24)33)23-7-5-6-8-27(23)41-20(2)16-28(37)38/h5-10,15,17-18,20,22H,11-14,16H2,1-4H3,(H,37,38)/t20-/m1/s1. The summed E-state index contributed by atoms with van der Waals surface area (Å²) in [5.41, 5.74) is 1.54. The van der Waals surface area contributed by atoms with Crippen molar-refractivity contribution in [1.29, 1.82) is 0 Å². The molecule has 0 unspecified atom stereocenters. The lowest BCUT2D eigenvalue weighted by molar-refractivity contribution is -0.138. The van der Waals surface area contributed by atoms with Crippen LogP contribution < -0.4 is 14.4 Å². The Morgan fingerprint density at radius 2 is 1.88 bits per heavy atom. The minimum Gasteiger partial charge on any atom is -0.489 e. The Kier molecular flexibility index (Phi) is 7.90. The molecule has 2 aliphatic rings. The van der Waals surface area contributed by atoms with Crippen LogP contribution in [0, 0.1) is 12.7 Å². The van der Waals surface area contributed by atoms with Crippen LogP contribution in [0.25, 0.3) is 11.1 Å². The number of likely N-dealkylation sites (tertiary alicyclic amines) is 1. The van der Waals surface area contributed by atoms with Gasteiger partial charge in [0.05, 0.1) is 12.0 Å². The molecule has 42 heavy (non-hydrogen) atoms. The molecule has 0 spiro atoms. The van der Waals surface area contributed by atoms with Crippen molar-refractivity contribution in [1.82, 2.24) is 9.88 Å². The van der Waals surface area contributed by atoms with Gasteiger partial charge in [-0.15, -0.1) is 0 Å². The smallest absolute Gasteiger partial charge is 0.307 e. The molecule has 2 aliphatic heterocycles. The highest BCUT2D eigenvalue weighted by Crippen LogP contribution is 2.40. The Morgan fingerprint density at radius 3 is 2.57 bits per heavy atom. The van der Waals surface area contributed by atoms with E-state index in [1.807, 2.05) is 13.0 Å². The monoisotopic (exact) mass is 575 g/mol. The van der Waals surface area contributed by atoms with E-state index >= 15 is 4.39 Å². The number of aromatic nitrogens is 1. The number of carbonyl (C=O) groups excluding carboxylic acids is 2. The van der Waals surface area contributed by atoms with Gasteiger partial charge in [-0.25, -0.2) is 9.37 Å². The number of hydrogen-bond acceptors (Lipinski definition) is 6. The first-order chi connectivity index (χ1) is 19.9. The number of halogens is 1. The normalized spacial score (nSPS) is 17.3. The van der Waals surface area contributed by atoms with Crippen molar-refractivity contribution in [2.75, 3.05) is 18.0 Å². The molecule has 0 bridgehead atoms. The van der Waals surface area contributed by atoms with Gasteiger partial charge in [0.2, 0.25) is 5.88 Å². The zero-order valence-electron chi connectivity index (χ0n) is 24.1. The van der Waals surface area contributed by atoms with Gasteiger partial charge in [-0.05, 0) is 75.9 Å². The molecule has 1 aromatic heterocycles. The number of pyridine rings is 1. The molecular formula is C32H34FN3O6. The molecule has 1 saturated heterocycles. The summed E-state index contributed by atoms with van der Waals surface area (Å²) in [5.74, 6) is -1.36. The molecule has 0 aliphatic carbocycles. The van der Waals surface area contributed by atoms with Crippen molar-refractivity contribution in [3.8, 4) is 22.8 Å². The van der Waals surface area contributed by atoms with Crippen LogP contribution in [-0.2, 0) is 9.59 Å². The molecule has 10 heteroatoms. The van der Waals surface area contributed by atoms with E-state index in [2.05, 4.69) is 4.98 Å². The summed E-state index contributed by atoms with van der Waals surface area (Å²) >= 11 is 0. The highest BCUT2D eigenvalue weighted by Gasteiger charge is 2.45. The van der Waals surface area contributed by atoms with Crippen LogP contribution in [0.5, 0.6) is 11.6 Å². The number of carboxylic acids is 1. The summed E-state index contributed by atoms with van der Waals surface area (Å²) in [5, 5.41) is 9.05. The number of aryl methyl sites for hydroxylation is 1. The van der Waals surface area contributed by atoms with Crippen LogP contribution in [0.15, 0.2) is 54.7 Å². The second kappa shape index (κ2) is 11.4. The van der Waals surface area contributed by atoms with Crippen molar-refractivity contribution in [3.05, 3.63) is 71.7 Å². The van der Waals surface area contributed by atoms with Gasteiger partial charge in [0.1, 0.15) is 23.4 Å². The summed E-state index contributed by atoms with van der Waals surface area (Å²) in [6, 6.07) is 13.2. The van der Waals surface area contributed by atoms with Crippen molar-refractivity contribution < 1.29 is 33.4 Å². The van der Waals surface area contributed by atoms with Crippen LogP contribution in [0.2, 0.25) is 0 Å². The van der Waals surface area contributed by atoms with Gasteiger partial charge in [-0.1, -0.05) is 24.3 Å². The zero-order valence-corrected chi connectivity index (χ0v) is 24.1. The topological polar surface area (TPSA) is 109 Å². The van der Waals surface area contributed by atoms with Gasteiger partial charge in [-0.3, -0.25) is 14.4 Å². The number of piperidine rings is 1. The van der Waals surface area contributed by atoms with Crippen LogP contribution in [-0.4, -0.2) is 63.6 Å². The predicted molar refractivity (Wildman–Crippen MR) is 154 cm³/mol. The Labute approximate surface area is 243 Å². The maximum Gasteiger partial charge on any atom is 0.307 e. The van der Waals surface area contributed by atoms with E-state index < -0.39 is 29.4 Å². The molecule has 3 heterocycles. The number of ether oxygens (including phenoxy) is 2. The molecule has 2 amide bonds. The van der Waals surface area contributed by atoms with E-state index in [0.717, 1.165) is 5.56 Å². The third-order valence-corrected chi connectivity index (χ3v) is 7.62. The SMILES string of the molecule is Cc1cnc2c(c1)N(C1CCN(C(=O)c3ccc(-c4ccccc4O[C@H](C)CC(=O)O)cc3F)CC1)C(=O)C(C)(C)O2. The maximum absolute atomic E-state index is 15.4. The first-order valence-corrected chi connectivity index (χ1v) is 14.0. The first kappa shape index (κ1) is 29.0. The number of aliphatic carboxylic acids is 1. The number of carbonyl (C=O) groups is 3. The molecule has 5 rings (SSSR count). The fourth-order valence-electron chi connectivity index (χ4n) is 5.51. The van der Waals surface area contributed by atoms with E-state index in [1.165, 1.54) is 12.1 Å². The summed E-state index contributed by atoms with van der Waals surface area (Å²) in [4.78, 5) is 45.6. The van der Waals surface area contributed by atoms with Gasteiger partial charge >= 0.3 is 5.97 Å². The van der Waals surface area contributed by atoms with Crippen molar-refractivity contribution in [2.24, 2.45) is 0 Å². The minimum absolute atomic E-state index is 0.0383. The number of nitrogens with zero attached hydrogens (tertiary/aromatic N) is 3. The van der Waals surface area contributed by atoms with Gasteiger partial charge in [0.15, 0.2) is 5.60 Å². The maximum atomic E-state index is 15.4. The number of para-hydroxylation sites is 1. The average Bonchev–Trinajstić information content (AvgIpc) is 2.94. The molecular weight excluding hydrogens is 541 g/mol. The molecule has 2 aromatic carbocycles. The highest BCUT2D eigenvalue weighted by molar-refractivity contribution is 6.02. The lowest BCUT2D eigenvalue weighted by Crippen LogP contribution is -2.58. The third-order valence-electron chi connectivity index (χ3n) is 7.62. The summed E-state index contributed by atoms with van der Waals surface area (Å²) < 4.78 is 27.1. The van der Waals surface area contributed by atoms with Crippen LogP contribution >= 0.6 is 0 Å². The van der Waals surface area contributed by atoms with E-state index in [0.29, 0.717) is 54.4 Å². The number of fused-ring (bicyclic) bond motifs is 1. The van der Waals surface area contributed by atoms with Crippen LogP contribution in [0.4, 0.5) is 10.1 Å². The van der Waals surface area contributed by atoms with E-state index in [1.54, 1.807) is 67.1 Å².